The first-order chi connectivity index (χ1) is 6.43. The smallest absolute Gasteiger partial charge is 0.0456 e. The molecule has 1 rings (SSSR count). The molecule has 0 saturated carbocycles. The van der Waals surface area contributed by atoms with Crippen molar-refractivity contribution >= 4 is 11.6 Å². The van der Waals surface area contributed by atoms with Crippen LogP contribution in [0.4, 0.5) is 0 Å². The molecule has 0 bridgehead atoms. The molecule has 0 saturated heterocycles. The maximum atomic E-state index is 6.26. The molecule has 2 heteroatoms. The van der Waals surface area contributed by atoms with Crippen LogP contribution in [0.2, 0.25) is 5.02 Å². The minimum atomic E-state index is -0.327. The number of rotatable bonds is 3. The van der Waals surface area contributed by atoms with E-state index in [1.165, 1.54) is 0 Å². The van der Waals surface area contributed by atoms with Crippen molar-refractivity contribution in [2.24, 2.45) is 11.7 Å². The molecular formula is C12H18ClN. The van der Waals surface area contributed by atoms with Gasteiger partial charge in [0.25, 0.3) is 0 Å². The van der Waals surface area contributed by atoms with Crippen LogP contribution in [0.25, 0.3) is 0 Å². The van der Waals surface area contributed by atoms with E-state index in [4.69, 9.17) is 17.3 Å². The summed E-state index contributed by atoms with van der Waals surface area (Å²) in [5.41, 5.74) is 6.97. The third-order valence-electron chi connectivity index (χ3n) is 2.32. The molecule has 2 N–H and O–H groups in total. The van der Waals surface area contributed by atoms with Gasteiger partial charge in [0.05, 0.1) is 0 Å². The maximum absolute atomic E-state index is 6.26. The van der Waals surface area contributed by atoms with Crippen LogP contribution in [0.15, 0.2) is 24.3 Å². The van der Waals surface area contributed by atoms with E-state index in [9.17, 15) is 0 Å². The Morgan fingerprint density at radius 2 is 1.93 bits per heavy atom. The van der Waals surface area contributed by atoms with Gasteiger partial charge in [0, 0.05) is 10.6 Å². The molecule has 0 fully saturated rings. The summed E-state index contributed by atoms with van der Waals surface area (Å²) >= 11 is 6.11. The zero-order valence-corrected chi connectivity index (χ0v) is 9.81. The molecule has 0 radical (unpaired) electrons. The summed E-state index contributed by atoms with van der Waals surface area (Å²) < 4.78 is 0. The Bertz CT molecular complexity index is 305. The summed E-state index contributed by atoms with van der Waals surface area (Å²) in [6.45, 7) is 6.37. The minimum absolute atomic E-state index is 0.327. The van der Waals surface area contributed by atoms with Crippen LogP contribution in [0.5, 0.6) is 0 Å². The van der Waals surface area contributed by atoms with Gasteiger partial charge in [0.1, 0.15) is 0 Å². The average molecular weight is 212 g/mol. The highest BCUT2D eigenvalue weighted by molar-refractivity contribution is 6.31. The van der Waals surface area contributed by atoms with E-state index in [2.05, 4.69) is 13.8 Å². The molecule has 0 amide bonds. The van der Waals surface area contributed by atoms with E-state index in [0.717, 1.165) is 17.0 Å². The Morgan fingerprint density at radius 3 is 2.43 bits per heavy atom. The lowest BCUT2D eigenvalue weighted by Crippen LogP contribution is -2.34. The quantitative estimate of drug-likeness (QED) is 0.813. The Hall–Kier alpha value is -0.530. The Labute approximate surface area is 91.3 Å². The van der Waals surface area contributed by atoms with Gasteiger partial charge in [0.15, 0.2) is 0 Å². The lowest BCUT2D eigenvalue weighted by molar-refractivity contribution is 0.381. The summed E-state index contributed by atoms with van der Waals surface area (Å²) in [4.78, 5) is 0. The molecule has 0 heterocycles. The van der Waals surface area contributed by atoms with E-state index < -0.39 is 0 Å². The molecule has 1 atom stereocenters. The zero-order chi connectivity index (χ0) is 10.8. The Balaban J connectivity index is 2.97. The number of nitrogens with two attached hydrogens (primary N) is 1. The highest BCUT2D eigenvalue weighted by Crippen LogP contribution is 2.30. The minimum Gasteiger partial charge on any atom is -0.322 e. The number of benzene rings is 1. The Kier molecular flexibility index (Phi) is 3.57. The first kappa shape index (κ1) is 11.5. The third-order valence-corrected chi connectivity index (χ3v) is 2.65. The fourth-order valence-corrected chi connectivity index (χ4v) is 2.23. The molecule has 0 aliphatic rings. The monoisotopic (exact) mass is 211 g/mol. The van der Waals surface area contributed by atoms with Crippen molar-refractivity contribution in [2.45, 2.75) is 32.7 Å². The predicted molar refractivity (Wildman–Crippen MR) is 62.4 cm³/mol. The normalized spacial score (nSPS) is 15.6. The Morgan fingerprint density at radius 1 is 1.36 bits per heavy atom. The van der Waals surface area contributed by atoms with Gasteiger partial charge in [-0.05, 0) is 30.9 Å². The SMILES string of the molecule is CC(C)CC(C)(N)c1ccccc1Cl. The van der Waals surface area contributed by atoms with Gasteiger partial charge in [-0.3, -0.25) is 0 Å². The highest BCUT2D eigenvalue weighted by Gasteiger charge is 2.24. The molecule has 0 aromatic heterocycles. The number of hydrogen-bond acceptors (Lipinski definition) is 1. The molecule has 0 aliphatic heterocycles. The molecule has 1 aromatic rings. The largest absolute Gasteiger partial charge is 0.322 e. The summed E-state index contributed by atoms with van der Waals surface area (Å²) in [5.74, 6) is 0.571. The second-order valence-electron chi connectivity index (χ2n) is 4.50. The molecule has 14 heavy (non-hydrogen) atoms. The molecule has 1 aromatic carbocycles. The van der Waals surface area contributed by atoms with Crippen LogP contribution < -0.4 is 5.73 Å². The van der Waals surface area contributed by atoms with E-state index in [1.54, 1.807) is 0 Å². The first-order valence-electron chi connectivity index (χ1n) is 4.97. The van der Waals surface area contributed by atoms with E-state index >= 15 is 0 Å². The highest BCUT2D eigenvalue weighted by atomic mass is 35.5. The van der Waals surface area contributed by atoms with Crippen molar-refractivity contribution in [1.29, 1.82) is 0 Å². The van der Waals surface area contributed by atoms with Crippen molar-refractivity contribution in [3.8, 4) is 0 Å². The van der Waals surface area contributed by atoms with E-state index in [0.29, 0.717) is 5.92 Å². The van der Waals surface area contributed by atoms with Gasteiger partial charge in [-0.25, -0.2) is 0 Å². The first-order valence-corrected chi connectivity index (χ1v) is 5.35. The van der Waals surface area contributed by atoms with Gasteiger partial charge in [-0.15, -0.1) is 0 Å². The van der Waals surface area contributed by atoms with Crippen LogP contribution in [-0.4, -0.2) is 0 Å². The van der Waals surface area contributed by atoms with Crippen LogP contribution in [0.1, 0.15) is 32.8 Å². The molecule has 1 unspecified atom stereocenters. The molecule has 78 valence electrons. The van der Waals surface area contributed by atoms with Crippen molar-refractivity contribution in [1.82, 2.24) is 0 Å². The van der Waals surface area contributed by atoms with Crippen LogP contribution in [0, 0.1) is 5.92 Å². The lowest BCUT2D eigenvalue weighted by atomic mass is 9.85. The fourth-order valence-electron chi connectivity index (χ4n) is 1.88. The summed E-state index contributed by atoms with van der Waals surface area (Å²) in [7, 11) is 0. The fraction of sp³-hybridized carbons (Fsp3) is 0.500. The molecule has 0 aliphatic carbocycles. The van der Waals surface area contributed by atoms with Crippen LogP contribution in [0.3, 0.4) is 0 Å². The standard InChI is InChI=1S/C12H18ClN/c1-9(2)8-12(3,14)10-6-4-5-7-11(10)13/h4-7,9H,8,14H2,1-3H3. The number of halogens is 1. The van der Waals surface area contributed by atoms with Crippen molar-refractivity contribution in [3.05, 3.63) is 34.9 Å². The van der Waals surface area contributed by atoms with Crippen LogP contribution in [-0.2, 0) is 5.54 Å². The van der Waals surface area contributed by atoms with E-state index in [-0.39, 0.29) is 5.54 Å². The average Bonchev–Trinajstić information content (AvgIpc) is 2.02. The second kappa shape index (κ2) is 4.33. The van der Waals surface area contributed by atoms with Crippen molar-refractivity contribution in [3.63, 3.8) is 0 Å². The predicted octanol–water partition coefficient (Wildman–Crippen LogP) is 3.56. The molecule has 1 nitrogen and oxygen atoms in total. The van der Waals surface area contributed by atoms with Crippen molar-refractivity contribution in [2.75, 3.05) is 0 Å². The summed E-state index contributed by atoms with van der Waals surface area (Å²) in [6.07, 6.45) is 0.941. The third kappa shape index (κ3) is 2.73. The van der Waals surface area contributed by atoms with Crippen LogP contribution >= 0.6 is 11.6 Å². The molecule has 0 spiro atoms. The van der Waals surface area contributed by atoms with Gasteiger partial charge in [-0.2, -0.15) is 0 Å². The number of hydrogen-bond donors (Lipinski definition) is 1. The van der Waals surface area contributed by atoms with Crippen molar-refractivity contribution < 1.29 is 0 Å². The maximum Gasteiger partial charge on any atom is 0.0456 e. The van der Waals surface area contributed by atoms with E-state index in [1.807, 2.05) is 31.2 Å². The zero-order valence-electron chi connectivity index (χ0n) is 9.05. The molecular weight excluding hydrogens is 194 g/mol. The summed E-state index contributed by atoms with van der Waals surface area (Å²) in [5, 5.41) is 0.762. The van der Waals surface area contributed by atoms with Gasteiger partial charge < -0.3 is 5.73 Å². The topological polar surface area (TPSA) is 26.0 Å². The van der Waals surface area contributed by atoms with Gasteiger partial charge in [0.2, 0.25) is 0 Å². The lowest BCUT2D eigenvalue weighted by Gasteiger charge is -2.28. The van der Waals surface area contributed by atoms with Gasteiger partial charge in [-0.1, -0.05) is 43.6 Å². The summed E-state index contributed by atoms with van der Waals surface area (Å²) in [6, 6.07) is 7.80. The second-order valence-corrected chi connectivity index (χ2v) is 4.90. The van der Waals surface area contributed by atoms with Gasteiger partial charge >= 0.3 is 0 Å².